The van der Waals surface area contributed by atoms with E-state index in [-0.39, 0.29) is 11.7 Å². The van der Waals surface area contributed by atoms with Crippen molar-refractivity contribution in [2.45, 2.75) is 70.9 Å². The number of carboxylic acids is 1. The van der Waals surface area contributed by atoms with Crippen molar-refractivity contribution in [3.63, 3.8) is 0 Å². The number of pyridine rings is 1. The van der Waals surface area contributed by atoms with E-state index in [0.29, 0.717) is 25.2 Å². The Morgan fingerprint density at radius 1 is 1.11 bits per heavy atom. The molecule has 0 bridgehead atoms. The van der Waals surface area contributed by atoms with Crippen LogP contribution in [0.5, 0.6) is 0 Å². The summed E-state index contributed by atoms with van der Waals surface area (Å²) in [5.74, 6) is -0.838. The van der Waals surface area contributed by atoms with Crippen molar-refractivity contribution in [3.8, 4) is 22.5 Å². The second-order valence-corrected chi connectivity index (χ2v) is 10.0. The molecule has 0 radical (unpaired) electrons. The van der Waals surface area contributed by atoms with Gasteiger partial charge in [0.15, 0.2) is 0 Å². The van der Waals surface area contributed by atoms with Gasteiger partial charge in [-0.15, -0.1) is 10.2 Å². The lowest BCUT2D eigenvalue weighted by Gasteiger charge is -2.22. The van der Waals surface area contributed by atoms with Gasteiger partial charge in [-0.3, -0.25) is 18.9 Å². The first-order chi connectivity index (χ1) is 18.5. The quantitative estimate of drug-likeness (QED) is 0.314. The van der Waals surface area contributed by atoms with Crippen LogP contribution in [-0.4, -0.2) is 45.8 Å². The number of hydrogen-bond donors (Lipinski definition) is 2. The van der Waals surface area contributed by atoms with Gasteiger partial charge in [0, 0.05) is 23.7 Å². The molecule has 2 unspecified atom stereocenters. The Bertz CT molecular complexity index is 1440. The fourth-order valence-electron chi connectivity index (χ4n) is 5.45. The average molecular weight is 516 g/mol. The predicted octanol–water partition coefficient (Wildman–Crippen LogP) is 4.49. The maximum absolute atomic E-state index is 13.8. The van der Waals surface area contributed by atoms with Crippen LogP contribution >= 0.6 is 0 Å². The zero-order chi connectivity index (χ0) is 26.5. The molecule has 0 aliphatic heterocycles. The van der Waals surface area contributed by atoms with Crippen LogP contribution in [0.3, 0.4) is 0 Å². The molecule has 0 saturated heterocycles. The maximum Gasteiger partial charge on any atom is 0.328 e. The van der Waals surface area contributed by atoms with Crippen LogP contribution in [0.1, 0.15) is 69.3 Å². The number of aromatic amines is 1. The number of H-pyrrole nitrogens is 1. The molecule has 1 fully saturated rings. The molecule has 1 aromatic carbocycles. The van der Waals surface area contributed by atoms with Gasteiger partial charge < -0.3 is 5.11 Å². The van der Waals surface area contributed by atoms with Crippen LogP contribution in [0.2, 0.25) is 0 Å². The number of carbonyl (C=O) groups is 1. The van der Waals surface area contributed by atoms with Gasteiger partial charge in [-0.05, 0) is 60.2 Å². The zero-order valence-electron chi connectivity index (χ0n) is 21.6. The number of tetrazole rings is 1. The first kappa shape index (κ1) is 25.6. The highest BCUT2D eigenvalue weighted by Gasteiger charge is 2.32. The van der Waals surface area contributed by atoms with Crippen LogP contribution in [0.4, 0.5) is 0 Å². The Balaban J connectivity index is 1.48. The molecule has 198 valence electrons. The number of aromatic nitrogens is 7. The largest absolute Gasteiger partial charge is 0.481 e. The monoisotopic (exact) mass is 515 g/mol. The van der Waals surface area contributed by atoms with Crippen molar-refractivity contribution in [1.29, 1.82) is 0 Å². The van der Waals surface area contributed by atoms with Crippen molar-refractivity contribution in [2.24, 2.45) is 5.92 Å². The van der Waals surface area contributed by atoms with Gasteiger partial charge in [-0.2, -0.15) is 5.21 Å². The standard InChI is InChI=1S/C28H33N7O3/c1-2-3-10-23-18-35(25-12-6-4-5-11-24(25)27(36)37)28(38)34(23)17-22-16-20(13-14-29-22)19-8-7-9-21(15-19)26-30-32-33-31-26/h7-9,13-16,18,24-25H,2-6,10-12,17H2,1H3,(H,36,37)(H,30,31,32,33). The van der Waals surface area contributed by atoms with Crippen molar-refractivity contribution in [1.82, 2.24) is 34.7 Å². The third kappa shape index (κ3) is 5.44. The number of aliphatic carboxylic acids is 1. The molecule has 10 heteroatoms. The van der Waals surface area contributed by atoms with E-state index in [9.17, 15) is 14.7 Å². The van der Waals surface area contributed by atoms with Gasteiger partial charge in [0.1, 0.15) is 0 Å². The first-order valence-electron chi connectivity index (χ1n) is 13.4. The summed E-state index contributed by atoms with van der Waals surface area (Å²) in [6, 6.07) is 11.5. The minimum Gasteiger partial charge on any atom is -0.481 e. The average Bonchev–Trinajstić information content (AvgIpc) is 3.49. The molecule has 5 rings (SSSR count). The van der Waals surface area contributed by atoms with Gasteiger partial charge in [-0.25, -0.2) is 4.79 Å². The lowest BCUT2D eigenvalue weighted by Crippen LogP contribution is -2.34. The third-order valence-electron chi connectivity index (χ3n) is 7.46. The molecule has 4 aromatic rings. The number of aryl methyl sites for hydroxylation is 1. The molecule has 0 amide bonds. The minimum atomic E-state index is -0.816. The van der Waals surface area contributed by atoms with Gasteiger partial charge >= 0.3 is 11.7 Å². The molecule has 2 N–H and O–H groups in total. The van der Waals surface area contributed by atoms with E-state index in [2.05, 4.69) is 32.5 Å². The Hall–Kier alpha value is -4.08. The van der Waals surface area contributed by atoms with Crippen molar-refractivity contribution in [3.05, 3.63) is 70.7 Å². The first-order valence-corrected chi connectivity index (χ1v) is 13.4. The number of unbranched alkanes of at least 4 members (excludes halogenated alkanes) is 1. The molecule has 10 nitrogen and oxygen atoms in total. The maximum atomic E-state index is 13.8. The van der Waals surface area contributed by atoms with E-state index in [4.69, 9.17) is 0 Å². The summed E-state index contributed by atoms with van der Waals surface area (Å²) >= 11 is 0. The summed E-state index contributed by atoms with van der Waals surface area (Å²) in [6.07, 6.45) is 10.5. The normalized spacial score (nSPS) is 17.8. The summed E-state index contributed by atoms with van der Waals surface area (Å²) in [7, 11) is 0. The number of carboxylic acid groups (broad SMARTS) is 1. The fraction of sp³-hybridized carbons (Fsp3) is 0.429. The number of hydrogen-bond acceptors (Lipinski definition) is 6. The third-order valence-corrected chi connectivity index (χ3v) is 7.46. The van der Waals surface area contributed by atoms with Crippen LogP contribution in [0.25, 0.3) is 22.5 Å². The van der Waals surface area contributed by atoms with Gasteiger partial charge in [0.05, 0.1) is 24.2 Å². The number of nitrogens with one attached hydrogen (secondary N) is 1. The van der Waals surface area contributed by atoms with E-state index < -0.39 is 11.9 Å². The van der Waals surface area contributed by atoms with Crippen LogP contribution in [0.15, 0.2) is 53.6 Å². The van der Waals surface area contributed by atoms with Crippen LogP contribution in [-0.2, 0) is 17.8 Å². The molecular weight excluding hydrogens is 482 g/mol. The summed E-state index contributed by atoms with van der Waals surface area (Å²) in [5, 5.41) is 24.2. The van der Waals surface area contributed by atoms with E-state index >= 15 is 0 Å². The topological polar surface area (TPSA) is 132 Å². The molecule has 1 saturated carbocycles. The second kappa shape index (κ2) is 11.5. The second-order valence-electron chi connectivity index (χ2n) is 10.0. The Morgan fingerprint density at radius 3 is 2.71 bits per heavy atom. The number of imidazole rings is 1. The summed E-state index contributed by atoms with van der Waals surface area (Å²) < 4.78 is 3.48. The lowest BCUT2D eigenvalue weighted by atomic mass is 9.95. The highest BCUT2D eigenvalue weighted by molar-refractivity contribution is 5.71. The van der Waals surface area contributed by atoms with Crippen LogP contribution in [0, 0.1) is 5.92 Å². The molecule has 1 aliphatic carbocycles. The van der Waals surface area contributed by atoms with E-state index in [0.717, 1.165) is 66.6 Å². The number of nitrogens with zero attached hydrogens (tertiary/aromatic N) is 6. The van der Waals surface area contributed by atoms with E-state index in [1.165, 1.54) is 0 Å². The van der Waals surface area contributed by atoms with Gasteiger partial charge in [0.25, 0.3) is 0 Å². The molecule has 1 aliphatic rings. The van der Waals surface area contributed by atoms with Gasteiger partial charge in [-0.1, -0.05) is 50.8 Å². The molecular formula is C28H33N7O3. The molecule has 38 heavy (non-hydrogen) atoms. The SMILES string of the molecule is CCCCc1cn(C2CCCCCC2C(=O)O)c(=O)n1Cc1cc(-c2cccc(-c3nn[nH]n3)c2)ccn1. The lowest BCUT2D eigenvalue weighted by molar-refractivity contribution is -0.143. The van der Waals surface area contributed by atoms with Crippen molar-refractivity contribution >= 4 is 5.97 Å². The molecule has 3 aromatic heterocycles. The molecule has 2 atom stereocenters. The Labute approximate surface area is 220 Å². The number of rotatable bonds is 9. The molecule has 3 heterocycles. The Kier molecular flexibility index (Phi) is 7.76. The summed E-state index contributed by atoms with van der Waals surface area (Å²) in [6.45, 7) is 2.45. The van der Waals surface area contributed by atoms with Crippen molar-refractivity contribution < 1.29 is 9.90 Å². The fourth-order valence-corrected chi connectivity index (χ4v) is 5.45. The van der Waals surface area contributed by atoms with Crippen molar-refractivity contribution in [2.75, 3.05) is 0 Å². The smallest absolute Gasteiger partial charge is 0.328 e. The molecule has 0 spiro atoms. The Morgan fingerprint density at radius 2 is 1.92 bits per heavy atom. The predicted molar refractivity (Wildman–Crippen MR) is 142 cm³/mol. The highest BCUT2D eigenvalue weighted by Crippen LogP contribution is 2.33. The van der Waals surface area contributed by atoms with Crippen LogP contribution < -0.4 is 5.69 Å². The summed E-state index contributed by atoms with van der Waals surface area (Å²) in [5.41, 5.74) is 4.34. The zero-order valence-corrected chi connectivity index (χ0v) is 21.6. The van der Waals surface area contributed by atoms with Gasteiger partial charge in [0.2, 0.25) is 5.82 Å². The summed E-state index contributed by atoms with van der Waals surface area (Å²) in [4.78, 5) is 30.4. The van der Waals surface area contributed by atoms with E-state index in [1.807, 2.05) is 42.6 Å². The van der Waals surface area contributed by atoms with E-state index in [1.54, 1.807) is 15.3 Å². The number of benzene rings is 1. The minimum absolute atomic E-state index is 0.152. The highest BCUT2D eigenvalue weighted by atomic mass is 16.4.